The second-order valence-electron chi connectivity index (χ2n) is 21.3. The van der Waals surface area contributed by atoms with Gasteiger partial charge >= 0.3 is 7.82 Å². The molecule has 414 valence electrons. The highest BCUT2D eigenvalue weighted by molar-refractivity contribution is 7.47. The summed E-state index contributed by atoms with van der Waals surface area (Å²) in [6, 6.07) is -0.771. The number of nitrogens with one attached hydrogen (secondary N) is 1. The fourth-order valence-corrected chi connectivity index (χ4v) is 9.32. The predicted octanol–water partition coefficient (Wildman–Crippen LogP) is 18.3. The van der Waals surface area contributed by atoms with Gasteiger partial charge in [0.15, 0.2) is 0 Å². The molecule has 9 heteroatoms. The van der Waals surface area contributed by atoms with Crippen LogP contribution in [0.5, 0.6) is 0 Å². The average molecular weight is 1020 g/mol. The van der Waals surface area contributed by atoms with Crippen LogP contribution in [0.1, 0.15) is 264 Å². The van der Waals surface area contributed by atoms with Crippen molar-refractivity contribution in [1.29, 1.82) is 0 Å². The Labute approximate surface area is 440 Å². The molecule has 0 aromatic heterocycles. The Hall–Kier alpha value is -2.06. The predicted molar refractivity (Wildman–Crippen MR) is 309 cm³/mol. The number of aliphatic hydroxyl groups excluding tert-OH is 1. The van der Waals surface area contributed by atoms with Crippen molar-refractivity contribution >= 4 is 13.7 Å². The third-order valence-corrected chi connectivity index (χ3v) is 14.2. The quantitative estimate of drug-likeness (QED) is 0.0243. The maximum atomic E-state index is 13.0. The molecule has 1 amide bonds. The van der Waals surface area contributed by atoms with Gasteiger partial charge in [-0.15, -0.1) is 0 Å². The van der Waals surface area contributed by atoms with Crippen LogP contribution in [0.3, 0.4) is 0 Å². The molecule has 0 aliphatic rings. The van der Waals surface area contributed by atoms with Crippen LogP contribution < -0.4 is 5.32 Å². The van der Waals surface area contributed by atoms with E-state index in [4.69, 9.17) is 9.05 Å². The van der Waals surface area contributed by atoms with Crippen LogP contribution in [-0.2, 0) is 18.4 Å². The minimum atomic E-state index is -4.33. The lowest BCUT2D eigenvalue weighted by molar-refractivity contribution is -0.870. The number of unbranched alkanes of at least 4 members (excludes halogenated alkanes) is 29. The van der Waals surface area contributed by atoms with Crippen molar-refractivity contribution in [1.82, 2.24) is 5.32 Å². The molecule has 0 bridgehead atoms. The molecule has 0 spiro atoms. The molecular weight excluding hydrogens is 900 g/mol. The average Bonchev–Trinajstić information content (AvgIpc) is 3.33. The van der Waals surface area contributed by atoms with E-state index < -0.39 is 20.0 Å². The number of likely N-dealkylation sites (N-methyl/N-ethyl adjacent to an activating group) is 1. The number of amides is 1. The zero-order valence-electron chi connectivity index (χ0n) is 47.2. The van der Waals surface area contributed by atoms with E-state index in [-0.39, 0.29) is 19.1 Å². The summed E-state index contributed by atoms with van der Waals surface area (Å²) in [5.74, 6) is -0.153. The second-order valence-corrected chi connectivity index (χ2v) is 22.8. The van der Waals surface area contributed by atoms with Gasteiger partial charge in [-0.2, -0.15) is 0 Å². The van der Waals surface area contributed by atoms with Gasteiger partial charge in [-0.25, -0.2) is 4.57 Å². The molecule has 0 aliphatic heterocycles. The van der Waals surface area contributed by atoms with Crippen LogP contribution in [0.2, 0.25) is 0 Å². The SMILES string of the molecule is CC/C=C\C/C=C\C/C=C\C/C=C\C/C=C\C/C=C\CCCCCCCCCCC(=O)NC(COP(=O)(O)OCC[N+](C)(C)C)C(O)CCCCCCCCCCCCCCCCCCCCCCCC. The Morgan fingerprint density at radius 3 is 1.24 bits per heavy atom. The number of allylic oxidation sites excluding steroid dienone is 12. The number of quaternary nitrogens is 1. The van der Waals surface area contributed by atoms with Gasteiger partial charge in [0.1, 0.15) is 13.2 Å². The number of carbonyl (C=O) groups excluding carboxylic acids is 1. The van der Waals surface area contributed by atoms with Crippen LogP contribution in [0.25, 0.3) is 0 Å². The number of carbonyl (C=O) groups is 1. The van der Waals surface area contributed by atoms with E-state index in [1.165, 1.54) is 154 Å². The summed E-state index contributed by atoms with van der Waals surface area (Å²) in [4.78, 5) is 23.4. The highest BCUT2D eigenvalue weighted by atomic mass is 31.2. The lowest BCUT2D eigenvalue weighted by Gasteiger charge is -2.26. The van der Waals surface area contributed by atoms with Gasteiger partial charge in [-0.05, 0) is 64.2 Å². The minimum absolute atomic E-state index is 0.0701. The number of phosphoric acid groups is 1. The van der Waals surface area contributed by atoms with Gasteiger partial charge in [0, 0.05) is 6.42 Å². The van der Waals surface area contributed by atoms with Crippen molar-refractivity contribution in [2.45, 2.75) is 276 Å². The number of aliphatic hydroxyl groups is 1. The molecule has 3 N–H and O–H groups in total. The first kappa shape index (κ1) is 68.9. The third kappa shape index (κ3) is 55.5. The van der Waals surface area contributed by atoms with E-state index in [0.717, 1.165) is 83.5 Å². The number of nitrogens with zero attached hydrogens (tertiary/aromatic N) is 1. The monoisotopic (exact) mass is 1020 g/mol. The number of hydrogen-bond acceptors (Lipinski definition) is 5. The molecule has 3 unspecified atom stereocenters. The number of rotatable bonds is 54. The van der Waals surface area contributed by atoms with E-state index in [2.05, 4.69) is 92.1 Å². The largest absolute Gasteiger partial charge is 0.472 e. The van der Waals surface area contributed by atoms with Crippen molar-refractivity contribution in [2.75, 3.05) is 40.9 Å². The summed E-state index contributed by atoms with van der Waals surface area (Å²) in [6.45, 7) is 4.79. The maximum absolute atomic E-state index is 13.0. The molecule has 0 saturated heterocycles. The molecule has 0 radical (unpaired) electrons. The first-order valence-corrected chi connectivity index (χ1v) is 31.3. The van der Waals surface area contributed by atoms with E-state index in [0.29, 0.717) is 23.9 Å². The van der Waals surface area contributed by atoms with Gasteiger partial charge in [-0.3, -0.25) is 13.8 Å². The van der Waals surface area contributed by atoms with Gasteiger partial charge in [0.05, 0.1) is 39.9 Å². The lowest BCUT2D eigenvalue weighted by Crippen LogP contribution is -2.46. The Kier molecular flexibility index (Phi) is 51.3. The molecular formula is C62H116N2O6P+. The molecule has 3 atom stereocenters. The molecule has 0 aromatic rings. The summed E-state index contributed by atoms with van der Waals surface area (Å²) in [5, 5.41) is 14.1. The molecule has 0 aliphatic carbocycles. The summed E-state index contributed by atoms with van der Waals surface area (Å²) in [7, 11) is 1.61. The van der Waals surface area contributed by atoms with Crippen molar-refractivity contribution in [3.05, 3.63) is 72.9 Å². The first-order chi connectivity index (χ1) is 34.5. The van der Waals surface area contributed by atoms with E-state index >= 15 is 0 Å². The van der Waals surface area contributed by atoms with Gasteiger partial charge < -0.3 is 19.8 Å². The summed E-state index contributed by atoms with van der Waals surface area (Å²) < 4.78 is 23.8. The molecule has 0 heterocycles. The molecule has 0 saturated carbocycles. The third-order valence-electron chi connectivity index (χ3n) is 13.2. The molecule has 0 aromatic carbocycles. The summed E-state index contributed by atoms with van der Waals surface area (Å²) in [6.07, 6.45) is 72.4. The molecule has 0 rings (SSSR count). The Morgan fingerprint density at radius 1 is 0.493 bits per heavy atom. The number of phosphoric ester groups is 1. The zero-order chi connectivity index (χ0) is 52.0. The minimum Gasteiger partial charge on any atom is -0.391 e. The standard InChI is InChI=1S/C62H115N2O6P/c1-6-8-10-12-14-16-18-20-22-24-26-28-30-31-32-33-34-36-38-40-42-44-46-48-50-52-54-56-62(66)63-60(59-70-71(67,68)69-58-57-64(3,4)5)61(65)55-53-51-49-47-45-43-41-39-37-35-29-27-25-23-21-19-17-15-13-11-9-7-2/h8,10,14,16,20,22,26,28,31-32,34,36,60-61,65H,6-7,9,11-13,15,17-19,21,23-25,27,29-30,33,35,37-59H2,1-5H3,(H-,63,66,67,68)/p+1/b10-8-,16-14-,22-20-,28-26-,32-31-,36-34-. The van der Waals surface area contributed by atoms with E-state index in [9.17, 15) is 19.4 Å². The first-order valence-electron chi connectivity index (χ1n) is 29.8. The molecule has 8 nitrogen and oxygen atoms in total. The molecule has 0 fully saturated rings. The normalized spacial score (nSPS) is 14.4. The summed E-state index contributed by atoms with van der Waals surface area (Å²) >= 11 is 0. The van der Waals surface area contributed by atoms with Crippen LogP contribution >= 0.6 is 7.82 Å². The Balaban J connectivity index is 4.20. The van der Waals surface area contributed by atoms with Crippen molar-refractivity contribution in [2.24, 2.45) is 0 Å². The van der Waals surface area contributed by atoms with Gasteiger partial charge in [0.25, 0.3) is 0 Å². The van der Waals surface area contributed by atoms with E-state index in [1.54, 1.807) is 0 Å². The molecule has 71 heavy (non-hydrogen) atoms. The van der Waals surface area contributed by atoms with Crippen molar-refractivity contribution in [3.8, 4) is 0 Å². The fourth-order valence-electron chi connectivity index (χ4n) is 8.58. The van der Waals surface area contributed by atoms with Crippen LogP contribution in [-0.4, -0.2) is 73.4 Å². The van der Waals surface area contributed by atoms with Crippen molar-refractivity contribution in [3.63, 3.8) is 0 Å². The Bertz CT molecular complexity index is 1380. The highest BCUT2D eigenvalue weighted by Crippen LogP contribution is 2.43. The fraction of sp³-hybridized carbons (Fsp3) is 0.790. The number of hydrogen-bond donors (Lipinski definition) is 3. The summed E-state index contributed by atoms with van der Waals surface area (Å²) in [5.41, 5.74) is 0. The smallest absolute Gasteiger partial charge is 0.391 e. The van der Waals surface area contributed by atoms with Gasteiger partial charge in [-0.1, -0.05) is 267 Å². The van der Waals surface area contributed by atoms with E-state index in [1.807, 2.05) is 21.1 Å². The second kappa shape index (κ2) is 52.8. The van der Waals surface area contributed by atoms with Crippen LogP contribution in [0.4, 0.5) is 0 Å². The van der Waals surface area contributed by atoms with Crippen LogP contribution in [0, 0.1) is 0 Å². The Morgan fingerprint density at radius 2 is 0.845 bits per heavy atom. The zero-order valence-corrected chi connectivity index (χ0v) is 48.1. The topological polar surface area (TPSA) is 105 Å². The highest BCUT2D eigenvalue weighted by Gasteiger charge is 2.28. The van der Waals surface area contributed by atoms with Gasteiger partial charge in [0.2, 0.25) is 5.91 Å². The van der Waals surface area contributed by atoms with Crippen molar-refractivity contribution < 1.29 is 32.9 Å². The van der Waals surface area contributed by atoms with Crippen LogP contribution in [0.15, 0.2) is 72.9 Å². The maximum Gasteiger partial charge on any atom is 0.472 e. The lowest BCUT2D eigenvalue weighted by atomic mass is 10.0.